The fourth-order valence-electron chi connectivity index (χ4n) is 1.81. The second-order valence-electron chi connectivity index (χ2n) is 4.48. The van der Waals surface area contributed by atoms with Crippen molar-refractivity contribution in [3.05, 3.63) is 54.1 Å². The third-order valence-electron chi connectivity index (χ3n) is 2.77. The number of carbonyl (C=O) groups excluding carboxylic acids is 1. The summed E-state index contributed by atoms with van der Waals surface area (Å²) in [6.45, 7) is 4.15. The summed E-state index contributed by atoms with van der Waals surface area (Å²) in [7, 11) is 0. The summed E-state index contributed by atoms with van der Waals surface area (Å²) < 4.78 is 11.3. The van der Waals surface area contributed by atoms with E-state index in [9.17, 15) is 4.79 Å². The van der Waals surface area contributed by atoms with E-state index in [0.29, 0.717) is 23.7 Å². The van der Waals surface area contributed by atoms with Crippen molar-refractivity contribution in [3.63, 3.8) is 0 Å². The quantitative estimate of drug-likeness (QED) is 0.726. The van der Waals surface area contributed by atoms with Gasteiger partial charge in [-0.2, -0.15) is 0 Å². The highest BCUT2D eigenvalue weighted by atomic mass is 16.5. The molecule has 0 aromatic heterocycles. The van der Waals surface area contributed by atoms with Crippen molar-refractivity contribution >= 4 is 5.78 Å². The molecule has 0 radical (unpaired) electrons. The molecule has 20 heavy (non-hydrogen) atoms. The van der Waals surface area contributed by atoms with E-state index in [1.807, 2.05) is 43.3 Å². The Hall–Kier alpha value is -2.29. The minimum Gasteiger partial charge on any atom is -0.493 e. The molecule has 104 valence electrons. The molecule has 0 amide bonds. The normalized spacial score (nSPS) is 10.1. The highest BCUT2D eigenvalue weighted by Gasteiger charge is 2.10. The molecule has 0 fully saturated rings. The van der Waals surface area contributed by atoms with Crippen molar-refractivity contribution in [2.75, 3.05) is 6.61 Å². The van der Waals surface area contributed by atoms with Gasteiger partial charge in [-0.1, -0.05) is 25.1 Å². The molecule has 0 atom stereocenters. The molecular weight excluding hydrogens is 252 g/mol. The van der Waals surface area contributed by atoms with Crippen molar-refractivity contribution in [1.82, 2.24) is 0 Å². The molecule has 3 heteroatoms. The van der Waals surface area contributed by atoms with Crippen molar-refractivity contribution in [2.24, 2.45) is 0 Å². The molecule has 0 aliphatic carbocycles. The van der Waals surface area contributed by atoms with Gasteiger partial charge in [0.1, 0.15) is 17.2 Å². The molecular formula is C17H18O3. The van der Waals surface area contributed by atoms with Gasteiger partial charge < -0.3 is 9.47 Å². The number of hydrogen-bond acceptors (Lipinski definition) is 3. The van der Waals surface area contributed by atoms with Crippen molar-refractivity contribution in [3.8, 4) is 17.2 Å². The van der Waals surface area contributed by atoms with Crippen LogP contribution in [0.25, 0.3) is 0 Å². The van der Waals surface area contributed by atoms with Crippen molar-refractivity contribution in [1.29, 1.82) is 0 Å². The second kappa shape index (κ2) is 6.75. The predicted octanol–water partition coefficient (Wildman–Crippen LogP) is 4.47. The zero-order valence-electron chi connectivity index (χ0n) is 11.8. The predicted molar refractivity (Wildman–Crippen MR) is 78.7 cm³/mol. The second-order valence-corrected chi connectivity index (χ2v) is 4.48. The molecule has 2 aromatic rings. The Labute approximate surface area is 119 Å². The van der Waals surface area contributed by atoms with Crippen LogP contribution in [0, 0.1) is 0 Å². The third kappa shape index (κ3) is 3.60. The first kappa shape index (κ1) is 14.1. The standard InChI is InChI=1S/C17H18O3/c1-3-11-19-17-10-9-15(12-16(17)13(2)18)20-14-7-5-4-6-8-14/h4-10,12H,3,11H2,1-2H3. The van der Waals surface area contributed by atoms with E-state index in [2.05, 4.69) is 0 Å². The largest absolute Gasteiger partial charge is 0.493 e. The molecule has 0 saturated heterocycles. The maximum absolute atomic E-state index is 11.7. The van der Waals surface area contributed by atoms with Crippen LogP contribution in [0.3, 0.4) is 0 Å². The summed E-state index contributed by atoms with van der Waals surface area (Å²) >= 11 is 0. The average Bonchev–Trinajstić information content (AvgIpc) is 2.47. The SMILES string of the molecule is CCCOc1ccc(Oc2ccccc2)cc1C(C)=O. The van der Waals surface area contributed by atoms with E-state index in [1.165, 1.54) is 6.92 Å². The van der Waals surface area contributed by atoms with Crippen molar-refractivity contribution in [2.45, 2.75) is 20.3 Å². The smallest absolute Gasteiger partial charge is 0.163 e. The third-order valence-corrected chi connectivity index (χ3v) is 2.77. The molecule has 0 saturated carbocycles. The number of para-hydroxylation sites is 1. The van der Waals surface area contributed by atoms with Crippen LogP contribution in [-0.2, 0) is 0 Å². The summed E-state index contributed by atoms with van der Waals surface area (Å²) in [6, 6.07) is 14.8. The van der Waals surface area contributed by atoms with Gasteiger partial charge in [-0.15, -0.1) is 0 Å². The fourth-order valence-corrected chi connectivity index (χ4v) is 1.81. The monoisotopic (exact) mass is 270 g/mol. The zero-order valence-corrected chi connectivity index (χ0v) is 11.8. The Morgan fingerprint density at radius 1 is 1.05 bits per heavy atom. The van der Waals surface area contributed by atoms with Gasteiger partial charge in [0.25, 0.3) is 0 Å². The average molecular weight is 270 g/mol. The first-order valence-electron chi connectivity index (χ1n) is 6.71. The molecule has 0 heterocycles. The van der Waals surface area contributed by atoms with Gasteiger partial charge >= 0.3 is 0 Å². The van der Waals surface area contributed by atoms with Crippen LogP contribution >= 0.6 is 0 Å². The van der Waals surface area contributed by atoms with Gasteiger partial charge in [0.05, 0.1) is 12.2 Å². The van der Waals surface area contributed by atoms with E-state index in [1.54, 1.807) is 12.1 Å². The minimum atomic E-state index is -0.0328. The van der Waals surface area contributed by atoms with Crippen LogP contribution < -0.4 is 9.47 Å². The maximum atomic E-state index is 11.7. The lowest BCUT2D eigenvalue weighted by Gasteiger charge is -2.11. The zero-order chi connectivity index (χ0) is 14.4. The Morgan fingerprint density at radius 2 is 1.80 bits per heavy atom. The van der Waals surface area contributed by atoms with Gasteiger partial charge in [0, 0.05) is 0 Å². The number of benzene rings is 2. The van der Waals surface area contributed by atoms with Crippen LogP contribution in [0.4, 0.5) is 0 Å². The van der Waals surface area contributed by atoms with Crippen LogP contribution in [0.15, 0.2) is 48.5 Å². The molecule has 0 aliphatic rings. The highest BCUT2D eigenvalue weighted by Crippen LogP contribution is 2.28. The van der Waals surface area contributed by atoms with E-state index in [4.69, 9.17) is 9.47 Å². The Balaban J connectivity index is 2.23. The molecule has 2 rings (SSSR count). The first-order valence-corrected chi connectivity index (χ1v) is 6.71. The molecule has 2 aromatic carbocycles. The molecule has 0 N–H and O–H groups in total. The summed E-state index contributed by atoms with van der Waals surface area (Å²) in [5, 5.41) is 0. The Bertz CT molecular complexity index is 576. The molecule has 0 spiro atoms. The lowest BCUT2D eigenvalue weighted by Crippen LogP contribution is -2.02. The highest BCUT2D eigenvalue weighted by molar-refractivity contribution is 5.97. The number of rotatable bonds is 6. The van der Waals surface area contributed by atoms with Crippen LogP contribution in [0.1, 0.15) is 30.6 Å². The molecule has 0 aliphatic heterocycles. The number of carbonyl (C=O) groups is 1. The number of ether oxygens (including phenoxy) is 2. The summed E-state index contributed by atoms with van der Waals surface area (Å²) in [4.78, 5) is 11.7. The van der Waals surface area contributed by atoms with Gasteiger partial charge in [-0.25, -0.2) is 0 Å². The lowest BCUT2D eigenvalue weighted by molar-refractivity contribution is 0.101. The Kier molecular flexibility index (Phi) is 4.77. The van der Waals surface area contributed by atoms with Crippen LogP contribution in [0.2, 0.25) is 0 Å². The van der Waals surface area contributed by atoms with Gasteiger partial charge in [-0.3, -0.25) is 4.79 Å². The fraction of sp³-hybridized carbons (Fsp3) is 0.235. The molecule has 0 bridgehead atoms. The summed E-state index contributed by atoms with van der Waals surface area (Å²) in [6.07, 6.45) is 0.902. The van der Waals surface area contributed by atoms with E-state index in [-0.39, 0.29) is 5.78 Å². The van der Waals surface area contributed by atoms with Crippen molar-refractivity contribution < 1.29 is 14.3 Å². The van der Waals surface area contributed by atoms with Gasteiger partial charge in [0.15, 0.2) is 5.78 Å². The first-order chi connectivity index (χ1) is 9.70. The topological polar surface area (TPSA) is 35.5 Å². The van der Waals surface area contributed by atoms with E-state index in [0.717, 1.165) is 12.2 Å². The van der Waals surface area contributed by atoms with Gasteiger partial charge in [-0.05, 0) is 43.7 Å². The van der Waals surface area contributed by atoms with E-state index >= 15 is 0 Å². The number of Topliss-reactive ketones (excluding diaryl/α,β-unsaturated/α-hetero) is 1. The van der Waals surface area contributed by atoms with E-state index < -0.39 is 0 Å². The summed E-state index contributed by atoms with van der Waals surface area (Å²) in [5.41, 5.74) is 0.548. The minimum absolute atomic E-state index is 0.0328. The number of hydrogen-bond donors (Lipinski definition) is 0. The molecule has 3 nitrogen and oxygen atoms in total. The van der Waals surface area contributed by atoms with Gasteiger partial charge in [0.2, 0.25) is 0 Å². The number of ketones is 1. The molecule has 0 unspecified atom stereocenters. The van der Waals surface area contributed by atoms with Crippen LogP contribution in [0.5, 0.6) is 17.2 Å². The Morgan fingerprint density at radius 3 is 2.45 bits per heavy atom. The lowest BCUT2D eigenvalue weighted by atomic mass is 10.1. The maximum Gasteiger partial charge on any atom is 0.163 e. The summed E-state index contributed by atoms with van der Waals surface area (Å²) in [5.74, 6) is 1.95. The van der Waals surface area contributed by atoms with Crippen LogP contribution in [-0.4, -0.2) is 12.4 Å².